The number of ether oxygens (including phenoxy) is 5. The predicted molar refractivity (Wildman–Crippen MR) is 130 cm³/mol. The number of carboxylic acids is 1. The normalized spacial score (nSPS) is 36.1. The van der Waals surface area contributed by atoms with Gasteiger partial charge >= 0.3 is 11.9 Å². The van der Waals surface area contributed by atoms with Crippen LogP contribution in [0.3, 0.4) is 0 Å². The monoisotopic (exact) mass is 552 g/mol. The fraction of sp³-hybridized carbons (Fsp3) is 0.538. The maximum absolute atomic E-state index is 12.6. The minimum Gasteiger partial charge on any atom is -0.504 e. The van der Waals surface area contributed by atoms with Gasteiger partial charge in [-0.25, -0.2) is 9.59 Å². The molecule has 10 unspecified atom stereocenters. The van der Waals surface area contributed by atoms with Gasteiger partial charge in [-0.2, -0.15) is 0 Å². The average molecular weight is 553 g/mol. The van der Waals surface area contributed by atoms with E-state index in [9.17, 15) is 40.2 Å². The number of aliphatic hydroxyl groups excluding tert-OH is 4. The Kier molecular flexibility index (Phi) is 8.79. The van der Waals surface area contributed by atoms with E-state index in [1.807, 2.05) is 0 Å². The molecule has 39 heavy (non-hydrogen) atoms. The molecule has 3 aliphatic rings. The molecule has 2 fully saturated rings. The standard InChI is InChI=1S/C26H32O13/c1-11-16(37-19(29)6-4-12-3-5-15(28)17(7-12)35-2)8-13-14(24(33)34)10-36-25(20(11)13)39-26-23(32)22(31)21(30)18(9-27)38-26/h3-7,10-11,13,16,18,20-23,25-28,30-32H,8-9H2,1-2H3,(H,33,34). The summed E-state index contributed by atoms with van der Waals surface area (Å²) >= 11 is 0. The van der Waals surface area contributed by atoms with Crippen molar-refractivity contribution in [3.05, 3.63) is 41.7 Å². The Labute approximate surface area is 223 Å². The lowest BCUT2D eigenvalue weighted by atomic mass is 9.83. The molecular weight excluding hydrogens is 520 g/mol. The second-order valence-electron chi connectivity index (χ2n) is 9.73. The van der Waals surface area contributed by atoms with E-state index in [0.29, 0.717) is 5.56 Å². The van der Waals surface area contributed by atoms with Crippen LogP contribution in [0.25, 0.3) is 6.08 Å². The van der Waals surface area contributed by atoms with Gasteiger partial charge in [0.05, 0.1) is 25.6 Å². The van der Waals surface area contributed by atoms with Gasteiger partial charge in [-0.05, 0) is 30.2 Å². The lowest BCUT2D eigenvalue weighted by Gasteiger charge is -2.43. The maximum Gasteiger partial charge on any atom is 0.334 e. The van der Waals surface area contributed by atoms with Crippen LogP contribution in [0.1, 0.15) is 18.9 Å². The minimum absolute atomic E-state index is 0.0363. The van der Waals surface area contributed by atoms with Crippen LogP contribution < -0.4 is 4.74 Å². The molecule has 214 valence electrons. The average Bonchev–Trinajstić information content (AvgIpc) is 3.24. The summed E-state index contributed by atoms with van der Waals surface area (Å²) in [4.78, 5) is 24.5. The van der Waals surface area contributed by atoms with Gasteiger partial charge in [0.25, 0.3) is 0 Å². The number of aliphatic carboxylic acids is 1. The lowest BCUT2D eigenvalue weighted by molar-refractivity contribution is -0.342. The molecule has 0 bridgehead atoms. The van der Waals surface area contributed by atoms with Gasteiger partial charge in [-0.3, -0.25) is 0 Å². The Balaban J connectivity index is 1.48. The van der Waals surface area contributed by atoms with Crippen LogP contribution in [-0.4, -0.2) is 99.4 Å². The molecule has 2 aliphatic heterocycles. The molecule has 13 nitrogen and oxygen atoms in total. The smallest absolute Gasteiger partial charge is 0.334 e. The summed E-state index contributed by atoms with van der Waals surface area (Å²) in [5.41, 5.74) is 0.540. The van der Waals surface area contributed by atoms with Crippen molar-refractivity contribution < 1.29 is 63.9 Å². The van der Waals surface area contributed by atoms with Crippen molar-refractivity contribution in [2.24, 2.45) is 17.8 Å². The number of phenols is 1. The van der Waals surface area contributed by atoms with E-state index >= 15 is 0 Å². The molecule has 6 N–H and O–H groups in total. The Bertz CT molecular complexity index is 1120. The number of esters is 1. The Morgan fingerprint density at radius 3 is 2.54 bits per heavy atom. The molecule has 1 saturated carbocycles. The molecule has 0 radical (unpaired) electrons. The minimum atomic E-state index is -1.68. The van der Waals surface area contributed by atoms with E-state index in [1.54, 1.807) is 13.0 Å². The first-order valence-electron chi connectivity index (χ1n) is 12.4. The molecule has 13 heteroatoms. The summed E-state index contributed by atoms with van der Waals surface area (Å²) in [6.45, 7) is 1.10. The van der Waals surface area contributed by atoms with Gasteiger partial charge in [0, 0.05) is 23.8 Å². The number of phenolic OH excluding ortho intramolecular Hbond substituents is 1. The van der Waals surface area contributed by atoms with Gasteiger partial charge in [0.15, 0.2) is 17.8 Å². The Hall–Kier alpha value is -3.20. The molecule has 1 saturated heterocycles. The molecule has 1 aromatic carbocycles. The number of methoxy groups -OCH3 is 1. The summed E-state index contributed by atoms with van der Waals surface area (Å²) in [7, 11) is 1.40. The Morgan fingerprint density at radius 2 is 1.87 bits per heavy atom. The number of hydrogen-bond donors (Lipinski definition) is 6. The number of aliphatic hydroxyl groups is 4. The second kappa shape index (κ2) is 11.9. The molecule has 4 rings (SSSR count). The van der Waals surface area contributed by atoms with Crippen LogP contribution in [0.15, 0.2) is 36.1 Å². The van der Waals surface area contributed by atoms with E-state index in [2.05, 4.69) is 0 Å². The second-order valence-corrected chi connectivity index (χ2v) is 9.73. The van der Waals surface area contributed by atoms with Crippen LogP contribution in [-0.2, 0) is 28.5 Å². The van der Waals surface area contributed by atoms with Crippen molar-refractivity contribution in [1.29, 1.82) is 0 Å². The van der Waals surface area contributed by atoms with E-state index in [-0.39, 0.29) is 23.5 Å². The van der Waals surface area contributed by atoms with Crippen LogP contribution >= 0.6 is 0 Å². The third-order valence-corrected chi connectivity index (χ3v) is 7.43. The largest absolute Gasteiger partial charge is 0.504 e. The van der Waals surface area contributed by atoms with Crippen LogP contribution in [0, 0.1) is 17.8 Å². The van der Waals surface area contributed by atoms with Crippen molar-refractivity contribution in [3.8, 4) is 11.5 Å². The number of carbonyl (C=O) groups excluding carboxylic acids is 1. The summed E-state index contributed by atoms with van der Waals surface area (Å²) in [6.07, 6.45) is -5.60. The molecule has 2 heterocycles. The maximum atomic E-state index is 12.6. The summed E-state index contributed by atoms with van der Waals surface area (Å²) in [6, 6.07) is 4.54. The van der Waals surface area contributed by atoms with Crippen molar-refractivity contribution in [2.75, 3.05) is 13.7 Å². The van der Waals surface area contributed by atoms with Gasteiger partial charge in [0.1, 0.15) is 30.5 Å². The highest BCUT2D eigenvalue weighted by molar-refractivity contribution is 5.88. The zero-order valence-electron chi connectivity index (χ0n) is 21.2. The fourth-order valence-corrected chi connectivity index (χ4v) is 5.28. The van der Waals surface area contributed by atoms with E-state index in [1.165, 1.54) is 31.4 Å². The first-order chi connectivity index (χ1) is 18.5. The lowest BCUT2D eigenvalue weighted by Crippen LogP contribution is -2.60. The number of fused-ring (bicyclic) bond motifs is 1. The highest BCUT2D eigenvalue weighted by atomic mass is 16.8. The van der Waals surface area contributed by atoms with Crippen LogP contribution in [0.5, 0.6) is 11.5 Å². The SMILES string of the molecule is COc1cc(C=CC(=O)OC2CC3C(C(=O)O)=COC(OC4OC(CO)C(O)C(O)C4O)C3C2C)ccc1O. The van der Waals surface area contributed by atoms with Gasteiger partial charge in [-0.15, -0.1) is 0 Å². The molecule has 10 atom stereocenters. The number of hydrogen-bond acceptors (Lipinski definition) is 12. The predicted octanol–water partition coefficient (Wildman–Crippen LogP) is -0.261. The highest BCUT2D eigenvalue weighted by Crippen LogP contribution is 2.48. The van der Waals surface area contributed by atoms with Gasteiger partial charge < -0.3 is 54.3 Å². The topological polar surface area (TPSA) is 202 Å². The van der Waals surface area contributed by atoms with Crippen molar-refractivity contribution >= 4 is 18.0 Å². The van der Waals surface area contributed by atoms with Crippen LogP contribution in [0.4, 0.5) is 0 Å². The zero-order valence-corrected chi connectivity index (χ0v) is 21.2. The number of carbonyl (C=O) groups is 2. The van der Waals surface area contributed by atoms with Crippen molar-refractivity contribution in [2.45, 2.75) is 56.4 Å². The molecule has 1 aromatic rings. The van der Waals surface area contributed by atoms with E-state index in [4.69, 9.17) is 23.7 Å². The molecule has 1 aliphatic carbocycles. The highest BCUT2D eigenvalue weighted by Gasteiger charge is 2.54. The van der Waals surface area contributed by atoms with E-state index in [0.717, 1.165) is 6.26 Å². The summed E-state index contributed by atoms with van der Waals surface area (Å²) in [5.74, 6) is -3.44. The zero-order chi connectivity index (χ0) is 28.4. The molecular formula is C26H32O13. The molecule has 0 aromatic heterocycles. The summed E-state index contributed by atoms with van der Waals surface area (Å²) < 4.78 is 27.5. The van der Waals surface area contributed by atoms with Gasteiger partial charge in [0.2, 0.25) is 6.29 Å². The summed E-state index contributed by atoms with van der Waals surface area (Å²) in [5, 5.41) is 59.3. The fourth-order valence-electron chi connectivity index (χ4n) is 5.28. The third kappa shape index (κ3) is 5.88. The van der Waals surface area contributed by atoms with E-state index < -0.39 is 79.4 Å². The molecule has 0 amide bonds. The quantitative estimate of drug-likeness (QED) is 0.182. The van der Waals surface area contributed by atoms with Gasteiger partial charge in [-0.1, -0.05) is 13.0 Å². The van der Waals surface area contributed by atoms with Crippen molar-refractivity contribution in [1.82, 2.24) is 0 Å². The number of benzene rings is 1. The molecule has 0 spiro atoms. The number of rotatable bonds is 8. The van der Waals surface area contributed by atoms with Crippen molar-refractivity contribution in [3.63, 3.8) is 0 Å². The number of carboxylic acid groups (broad SMARTS) is 1. The first kappa shape index (κ1) is 28.8. The number of aromatic hydroxyl groups is 1. The Morgan fingerprint density at radius 1 is 1.13 bits per heavy atom. The first-order valence-corrected chi connectivity index (χ1v) is 12.4. The third-order valence-electron chi connectivity index (χ3n) is 7.43. The van der Waals surface area contributed by atoms with Crippen LogP contribution in [0.2, 0.25) is 0 Å².